The minimum atomic E-state index is -0.409. The van der Waals surface area contributed by atoms with Crippen LogP contribution < -0.4 is 28.7 Å². The second-order valence-corrected chi connectivity index (χ2v) is 43.1. The lowest BCUT2D eigenvalue weighted by atomic mass is 9.82. The van der Waals surface area contributed by atoms with E-state index in [1.807, 2.05) is 109 Å². The second kappa shape index (κ2) is 29.5. The number of rotatable bonds is 14. The van der Waals surface area contributed by atoms with Gasteiger partial charge in [-0.1, -0.05) is 296 Å². The molecular formula is C124H106N2O8. The van der Waals surface area contributed by atoms with Crippen LogP contribution in [0.25, 0.3) is 151 Å². The Morgan fingerprint density at radius 1 is 0.209 bits per heavy atom. The Balaban J connectivity index is 0.733. The number of carbonyl (C=O) groups is 4. The predicted octanol–water partition coefficient (Wildman–Crippen LogP) is 34.6. The van der Waals surface area contributed by atoms with Crippen LogP contribution in [0.4, 0.5) is 11.4 Å². The molecule has 0 fully saturated rings. The minimum absolute atomic E-state index is 0.0129. The molecule has 23 rings (SSSR count). The van der Waals surface area contributed by atoms with Gasteiger partial charge in [-0.05, 0) is 295 Å². The van der Waals surface area contributed by atoms with Crippen LogP contribution in [0.2, 0.25) is 0 Å². The molecule has 134 heavy (non-hydrogen) atoms. The summed E-state index contributed by atoms with van der Waals surface area (Å²) in [7, 11) is 0. The van der Waals surface area contributed by atoms with Crippen LogP contribution in [0.15, 0.2) is 255 Å². The van der Waals surface area contributed by atoms with Crippen molar-refractivity contribution in [3.05, 3.63) is 322 Å². The Morgan fingerprint density at radius 3 is 0.612 bits per heavy atom. The van der Waals surface area contributed by atoms with Crippen molar-refractivity contribution >= 4 is 186 Å². The maximum absolute atomic E-state index is 16.3. The smallest absolute Gasteiger partial charge is 0.266 e. The zero-order valence-corrected chi connectivity index (χ0v) is 79.7. The third kappa shape index (κ3) is 12.6. The Labute approximate surface area is 780 Å². The Hall–Kier alpha value is -14.5. The topological polar surface area (TPSA) is 112 Å². The third-order valence-corrected chi connectivity index (χ3v) is 29.2. The quantitative estimate of drug-likeness (QED) is 0.0601. The SMILES string of the molecule is CC(C)c1cccc(C(C)C)c1N1C(=O)c2cc(Oc3ccc(C(C)(C)C)cc3)c3c4ccc5c6cc7ccc8cc9c(cc8ccc7cc6c6ccc(c7c(Oc8ccc(C(C)(C)C)cc8)cc(c2c37)C1=O)c4c56)c1ccc2c3c(Oc4ccc(C(C)(C)C)cc4)cc4c5c(cc(Oc6ccc(C(C)(C)C)cc6)c(c6ccc9c1c62)c53)C(=O)N(c1c(C(C)C)cccc1C(C)C)C4=O. The van der Waals surface area contributed by atoms with Crippen molar-refractivity contribution in [1.29, 1.82) is 0 Å². The molecule has 660 valence electrons. The van der Waals surface area contributed by atoms with Crippen LogP contribution in [-0.4, -0.2) is 23.6 Å². The third-order valence-electron chi connectivity index (χ3n) is 29.2. The molecule has 4 amide bonds. The number of ether oxygens (including phenoxy) is 4. The van der Waals surface area contributed by atoms with Crippen LogP contribution >= 0.6 is 0 Å². The van der Waals surface area contributed by atoms with Crippen molar-refractivity contribution in [2.45, 2.75) is 184 Å². The molecule has 2 heterocycles. The standard InChI is InChI=1S/C124H106N2O8/c1-63(2)79-23-21-24-80(64(3)4)115(79)125-117(127)95-59-99(131-75-39-31-71(32-40-75)121(9,10)11)109-87-51-47-83-91-55-67-27-29-69-57-93-85-49-53-89-106-90(54-50-86(104(85)106)94(93)58-70(69)30-28-68(67)56-92(91)84-48-52-88(105(87)103(83)84)110-100(60-96(118(125)128)107(95)113(109)110)132-76-41-33-72(34-42-76)122(12,13)14)112-102(134-78-45-37-74(38-46-78)124(18,19)20)62-98-108-97(61-101(111(89)114(108)112)133-77-43-35-73(36-44-77)123(15,16)17)119(129)126(120(98)130)116-81(65(5)6)25-22-26-82(116)66(7)8/h21-66H,1-20H3. The van der Waals surface area contributed by atoms with Gasteiger partial charge in [0.15, 0.2) is 0 Å². The van der Waals surface area contributed by atoms with Gasteiger partial charge in [-0.15, -0.1) is 0 Å². The van der Waals surface area contributed by atoms with Crippen LogP contribution in [0.3, 0.4) is 0 Å². The van der Waals surface area contributed by atoms with Crippen molar-refractivity contribution in [1.82, 2.24) is 0 Å². The molecule has 0 bridgehead atoms. The van der Waals surface area contributed by atoms with Gasteiger partial charge in [-0.3, -0.25) is 19.2 Å². The molecule has 21 aromatic carbocycles. The van der Waals surface area contributed by atoms with E-state index in [-0.39, 0.29) is 45.3 Å². The lowest BCUT2D eigenvalue weighted by Gasteiger charge is -2.33. The van der Waals surface area contributed by atoms with Crippen molar-refractivity contribution in [3.63, 3.8) is 0 Å². The number of imide groups is 2. The van der Waals surface area contributed by atoms with Gasteiger partial charge >= 0.3 is 0 Å². The van der Waals surface area contributed by atoms with Gasteiger partial charge in [-0.2, -0.15) is 0 Å². The minimum Gasteiger partial charge on any atom is -0.457 e. The summed E-state index contributed by atoms with van der Waals surface area (Å²) in [6.07, 6.45) is 0. The van der Waals surface area contributed by atoms with Crippen molar-refractivity contribution < 1.29 is 38.1 Å². The summed E-state index contributed by atoms with van der Waals surface area (Å²) < 4.78 is 29.5. The fraction of sp³-hybridized carbons (Fsp3) is 0.226. The van der Waals surface area contributed by atoms with E-state index in [2.05, 4.69) is 284 Å². The molecule has 2 aliphatic rings. The van der Waals surface area contributed by atoms with Crippen LogP contribution in [0.1, 0.15) is 248 Å². The summed E-state index contributed by atoms with van der Waals surface area (Å²) in [5, 5.41) is 26.7. The summed E-state index contributed by atoms with van der Waals surface area (Å²) in [6.45, 7) is 43.4. The Bertz CT molecular complexity index is 7720. The summed E-state index contributed by atoms with van der Waals surface area (Å²) in [4.78, 5) is 67.9. The van der Waals surface area contributed by atoms with Crippen LogP contribution in [-0.2, 0) is 21.7 Å². The maximum Gasteiger partial charge on any atom is 0.266 e. The average molecular weight is 1750 g/mol. The number of benzene rings is 18. The molecule has 0 saturated carbocycles. The molecule has 0 atom stereocenters. The zero-order valence-electron chi connectivity index (χ0n) is 79.7. The fourth-order valence-electron chi connectivity index (χ4n) is 22.3. The van der Waals surface area contributed by atoms with Gasteiger partial charge in [0.25, 0.3) is 23.6 Å². The largest absolute Gasteiger partial charge is 0.457 e. The number of anilines is 2. The van der Waals surface area contributed by atoms with Crippen LogP contribution in [0.5, 0.6) is 46.0 Å². The van der Waals surface area contributed by atoms with Crippen molar-refractivity contribution in [2.75, 3.05) is 9.80 Å². The number of hydrogen-bond acceptors (Lipinski definition) is 8. The lowest BCUT2D eigenvalue weighted by molar-refractivity contribution is 0.0877. The molecular weight excluding hydrogens is 1650 g/mol. The summed E-state index contributed by atoms with van der Waals surface area (Å²) >= 11 is 0. The molecule has 0 spiro atoms. The van der Waals surface area contributed by atoms with Gasteiger partial charge < -0.3 is 18.9 Å². The highest BCUT2D eigenvalue weighted by atomic mass is 16.5. The molecule has 2 aliphatic heterocycles. The van der Waals surface area contributed by atoms with Gasteiger partial charge in [-0.25, -0.2) is 9.80 Å². The lowest BCUT2D eigenvalue weighted by Crippen LogP contribution is -2.42. The average Bonchev–Trinajstić information content (AvgIpc) is 1.40. The molecule has 0 radical (unpaired) electrons. The van der Waals surface area contributed by atoms with Gasteiger partial charge in [0.2, 0.25) is 0 Å². The van der Waals surface area contributed by atoms with E-state index < -0.39 is 23.6 Å². The van der Waals surface area contributed by atoms with Gasteiger partial charge in [0.05, 0.1) is 33.6 Å². The van der Waals surface area contributed by atoms with Gasteiger partial charge in [0, 0.05) is 43.1 Å². The molecule has 21 aromatic rings. The zero-order chi connectivity index (χ0) is 93.2. The number of carbonyl (C=O) groups excluding carboxylic acids is 4. The highest BCUT2D eigenvalue weighted by molar-refractivity contribution is 6.50. The second-order valence-electron chi connectivity index (χ2n) is 43.1. The number of para-hydroxylation sites is 2. The molecule has 0 N–H and O–H groups in total. The first-order valence-electron chi connectivity index (χ1n) is 47.4. The summed E-state index contributed by atoms with van der Waals surface area (Å²) in [5.41, 5.74) is 10.5. The molecule has 0 saturated heterocycles. The van der Waals surface area contributed by atoms with Gasteiger partial charge in [0.1, 0.15) is 46.0 Å². The molecule has 0 aliphatic carbocycles. The fourth-order valence-corrected chi connectivity index (χ4v) is 22.3. The number of nitrogens with zero attached hydrogens (tertiary/aromatic N) is 2. The van der Waals surface area contributed by atoms with E-state index >= 15 is 19.2 Å². The monoisotopic (exact) mass is 1750 g/mol. The van der Waals surface area contributed by atoms with E-state index in [0.29, 0.717) is 90.4 Å². The highest BCUT2D eigenvalue weighted by Crippen LogP contribution is 2.60. The first-order valence-corrected chi connectivity index (χ1v) is 47.4. The normalized spacial score (nSPS) is 13.8. The van der Waals surface area contributed by atoms with Crippen molar-refractivity contribution in [2.24, 2.45) is 0 Å². The predicted molar refractivity (Wildman–Crippen MR) is 557 cm³/mol. The van der Waals surface area contributed by atoms with Crippen molar-refractivity contribution in [3.8, 4) is 46.0 Å². The van der Waals surface area contributed by atoms with E-state index in [1.165, 1.54) is 9.80 Å². The highest BCUT2D eigenvalue weighted by Gasteiger charge is 2.44. The summed E-state index contributed by atoms with van der Waals surface area (Å²) in [6, 6.07) is 89.5. The van der Waals surface area contributed by atoms with E-state index in [1.54, 1.807) is 0 Å². The number of hydrogen-bond donors (Lipinski definition) is 0. The molecule has 0 unspecified atom stereocenters. The van der Waals surface area contributed by atoms with E-state index in [0.717, 1.165) is 185 Å². The molecule has 10 nitrogen and oxygen atoms in total. The maximum atomic E-state index is 16.3. The first-order chi connectivity index (χ1) is 63.9. The summed E-state index contributed by atoms with van der Waals surface area (Å²) in [5.74, 6) is 2.73. The number of fused-ring (bicyclic) bond motifs is 12. The van der Waals surface area contributed by atoms with E-state index in [4.69, 9.17) is 18.9 Å². The first kappa shape index (κ1) is 83.8. The van der Waals surface area contributed by atoms with E-state index in [9.17, 15) is 0 Å². The molecule has 10 heteroatoms. The molecule has 0 aromatic heterocycles. The number of amides is 4. The Kier molecular flexibility index (Phi) is 18.5. The Morgan fingerprint density at radius 2 is 0.410 bits per heavy atom. The van der Waals surface area contributed by atoms with Crippen LogP contribution in [0, 0.1) is 0 Å².